The van der Waals surface area contributed by atoms with Crippen molar-refractivity contribution in [3.05, 3.63) is 39.9 Å². The Morgan fingerprint density at radius 3 is 2.42 bits per heavy atom. The largest absolute Gasteiger partial charge is 0.411 e. The van der Waals surface area contributed by atoms with Gasteiger partial charge in [-0.25, -0.2) is 0 Å². The van der Waals surface area contributed by atoms with Crippen LogP contribution >= 0.6 is 0 Å². The molecule has 1 aromatic rings. The third-order valence-corrected chi connectivity index (χ3v) is 2.17. The summed E-state index contributed by atoms with van der Waals surface area (Å²) in [5.74, 6) is 0. The molecule has 0 aliphatic heterocycles. The Balaban J connectivity index is 2.17. The van der Waals surface area contributed by atoms with Crippen LogP contribution in [0.4, 0.5) is 18.9 Å². The summed E-state index contributed by atoms with van der Waals surface area (Å²) in [6.07, 6.45) is -4.31. The minimum atomic E-state index is -4.31. The van der Waals surface area contributed by atoms with Gasteiger partial charge in [0.05, 0.1) is 11.5 Å². The summed E-state index contributed by atoms with van der Waals surface area (Å²) in [6, 6.07) is 5.91. The van der Waals surface area contributed by atoms with Crippen LogP contribution in [0.15, 0.2) is 24.3 Å². The molecule has 5 nitrogen and oxygen atoms in total. The lowest BCUT2D eigenvalue weighted by Gasteiger charge is -2.08. The molecule has 0 saturated carbocycles. The highest BCUT2D eigenvalue weighted by Gasteiger charge is 2.27. The summed E-state index contributed by atoms with van der Waals surface area (Å²) < 4.78 is 39.6. The minimum absolute atomic E-state index is 0.00254. The second-order valence-electron chi connectivity index (χ2n) is 3.77. The van der Waals surface area contributed by atoms with Crippen LogP contribution in [0.2, 0.25) is 0 Å². The molecule has 0 heterocycles. The van der Waals surface area contributed by atoms with Crippen LogP contribution in [-0.2, 0) is 11.3 Å². The molecule has 0 aliphatic carbocycles. The van der Waals surface area contributed by atoms with Crippen molar-refractivity contribution < 1.29 is 22.8 Å². The lowest BCUT2D eigenvalue weighted by Crippen LogP contribution is -2.23. The van der Waals surface area contributed by atoms with E-state index in [0.29, 0.717) is 6.54 Å². The van der Waals surface area contributed by atoms with Gasteiger partial charge in [0.25, 0.3) is 5.69 Å². The summed E-state index contributed by atoms with van der Waals surface area (Å²) in [5, 5.41) is 13.3. The van der Waals surface area contributed by atoms with Gasteiger partial charge < -0.3 is 10.1 Å². The summed E-state index contributed by atoms with van der Waals surface area (Å²) in [5.41, 5.74) is 0.804. The van der Waals surface area contributed by atoms with Crippen LogP contribution in [0.1, 0.15) is 5.56 Å². The van der Waals surface area contributed by atoms with E-state index in [1.807, 2.05) is 0 Å². The number of rotatable bonds is 7. The van der Waals surface area contributed by atoms with Gasteiger partial charge in [-0.1, -0.05) is 12.1 Å². The first-order chi connectivity index (χ1) is 8.88. The molecular weight excluding hydrogens is 265 g/mol. The van der Waals surface area contributed by atoms with Crippen molar-refractivity contribution in [2.45, 2.75) is 12.7 Å². The molecule has 0 radical (unpaired) electrons. The molecule has 0 amide bonds. The first kappa shape index (κ1) is 15.4. The van der Waals surface area contributed by atoms with E-state index in [2.05, 4.69) is 10.1 Å². The first-order valence-corrected chi connectivity index (χ1v) is 5.47. The van der Waals surface area contributed by atoms with E-state index in [1.165, 1.54) is 12.1 Å². The third-order valence-electron chi connectivity index (χ3n) is 2.17. The Bertz CT molecular complexity index is 407. The monoisotopic (exact) mass is 278 g/mol. The van der Waals surface area contributed by atoms with Crippen molar-refractivity contribution in [3.8, 4) is 0 Å². The zero-order valence-corrected chi connectivity index (χ0v) is 9.94. The van der Waals surface area contributed by atoms with Crippen LogP contribution in [-0.4, -0.2) is 30.9 Å². The molecule has 1 N–H and O–H groups in total. The quantitative estimate of drug-likeness (QED) is 0.472. The third kappa shape index (κ3) is 6.73. The predicted molar refractivity (Wildman–Crippen MR) is 61.7 cm³/mol. The molecule has 1 rings (SSSR count). The predicted octanol–water partition coefficient (Wildman–Crippen LogP) is 2.26. The maximum atomic E-state index is 11.7. The van der Waals surface area contributed by atoms with E-state index in [1.54, 1.807) is 12.1 Å². The average molecular weight is 278 g/mol. The fourth-order valence-electron chi connectivity index (χ4n) is 1.30. The number of hydrogen-bond acceptors (Lipinski definition) is 4. The number of benzene rings is 1. The van der Waals surface area contributed by atoms with Crippen molar-refractivity contribution in [1.29, 1.82) is 0 Å². The van der Waals surface area contributed by atoms with E-state index in [9.17, 15) is 23.3 Å². The summed E-state index contributed by atoms with van der Waals surface area (Å²) >= 11 is 0. The van der Waals surface area contributed by atoms with Crippen LogP contribution in [0.5, 0.6) is 0 Å². The van der Waals surface area contributed by atoms with Gasteiger partial charge in [0.1, 0.15) is 6.61 Å². The number of non-ortho nitro benzene ring substituents is 1. The zero-order valence-electron chi connectivity index (χ0n) is 9.94. The van der Waals surface area contributed by atoms with Crippen molar-refractivity contribution in [2.75, 3.05) is 19.8 Å². The van der Waals surface area contributed by atoms with Gasteiger partial charge in [0, 0.05) is 25.2 Å². The number of alkyl halides is 3. The number of ether oxygens (including phenoxy) is 1. The van der Waals surface area contributed by atoms with Gasteiger partial charge in [-0.05, 0) is 5.56 Å². The van der Waals surface area contributed by atoms with Crippen molar-refractivity contribution in [3.63, 3.8) is 0 Å². The van der Waals surface area contributed by atoms with E-state index in [0.717, 1.165) is 5.56 Å². The fourth-order valence-corrected chi connectivity index (χ4v) is 1.30. The normalized spacial score (nSPS) is 11.5. The molecule has 0 spiro atoms. The molecule has 8 heteroatoms. The number of nitrogens with zero attached hydrogens (tertiary/aromatic N) is 1. The summed E-state index contributed by atoms with van der Waals surface area (Å²) in [4.78, 5) is 9.91. The highest BCUT2D eigenvalue weighted by Crippen LogP contribution is 2.14. The highest BCUT2D eigenvalue weighted by atomic mass is 19.4. The summed E-state index contributed by atoms with van der Waals surface area (Å²) in [6.45, 7) is -0.626. The molecule has 106 valence electrons. The van der Waals surface area contributed by atoms with E-state index in [4.69, 9.17) is 0 Å². The number of hydrogen-bond donors (Lipinski definition) is 1. The number of nitrogens with one attached hydrogen (secondary N) is 1. The second kappa shape index (κ2) is 7.05. The molecule has 0 fully saturated rings. The van der Waals surface area contributed by atoms with E-state index < -0.39 is 17.7 Å². The zero-order chi connectivity index (χ0) is 14.3. The van der Waals surface area contributed by atoms with Crippen LogP contribution in [0, 0.1) is 10.1 Å². The average Bonchev–Trinajstić information content (AvgIpc) is 2.33. The Morgan fingerprint density at radius 1 is 1.26 bits per heavy atom. The van der Waals surface area contributed by atoms with Gasteiger partial charge in [0.15, 0.2) is 0 Å². The van der Waals surface area contributed by atoms with Crippen molar-refractivity contribution in [2.24, 2.45) is 0 Å². The molecule has 0 unspecified atom stereocenters. The molecule has 1 aromatic carbocycles. The molecule has 0 atom stereocenters. The Labute approximate surface area is 107 Å². The molecule has 19 heavy (non-hydrogen) atoms. The van der Waals surface area contributed by atoms with Gasteiger partial charge in [-0.15, -0.1) is 0 Å². The van der Waals surface area contributed by atoms with Gasteiger partial charge >= 0.3 is 6.18 Å². The fraction of sp³-hybridized carbons (Fsp3) is 0.455. The van der Waals surface area contributed by atoms with Gasteiger partial charge in [-0.2, -0.15) is 13.2 Å². The van der Waals surface area contributed by atoms with Gasteiger partial charge in [-0.3, -0.25) is 10.1 Å². The smallest absolute Gasteiger partial charge is 0.371 e. The van der Waals surface area contributed by atoms with Crippen molar-refractivity contribution >= 4 is 5.69 Å². The van der Waals surface area contributed by atoms with Crippen molar-refractivity contribution in [1.82, 2.24) is 5.32 Å². The van der Waals surface area contributed by atoms with Gasteiger partial charge in [0.2, 0.25) is 0 Å². The SMILES string of the molecule is O=[N+]([O-])c1ccc(CNCCOCC(F)(F)F)cc1. The molecular formula is C11H13F3N2O3. The minimum Gasteiger partial charge on any atom is -0.371 e. The van der Waals surface area contributed by atoms with E-state index in [-0.39, 0.29) is 18.8 Å². The number of nitro groups is 1. The molecule has 0 bridgehead atoms. The Morgan fingerprint density at radius 2 is 1.89 bits per heavy atom. The Hall–Kier alpha value is -1.67. The maximum Gasteiger partial charge on any atom is 0.411 e. The Kier molecular flexibility index (Phi) is 5.71. The lowest BCUT2D eigenvalue weighted by molar-refractivity contribution is -0.384. The van der Waals surface area contributed by atoms with Crippen LogP contribution in [0.3, 0.4) is 0 Å². The first-order valence-electron chi connectivity index (χ1n) is 5.47. The topological polar surface area (TPSA) is 64.4 Å². The van der Waals surface area contributed by atoms with Crippen LogP contribution in [0.25, 0.3) is 0 Å². The standard InChI is InChI=1S/C11H13F3N2O3/c12-11(13,14)8-19-6-5-15-7-9-1-3-10(4-2-9)16(17)18/h1-4,15H,5-8H2. The molecule has 0 aromatic heterocycles. The number of halogens is 3. The number of nitro benzene ring substituents is 1. The lowest BCUT2D eigenvalue weighted by atomic mass is 10.2. The van der Waals surface area contributed by atoms with Crippen LogP contribution < -0.4 is 5.32 Å². The van der Waals surface area contributed by atoms with E-state index >= 15 is 0 Å². The second-order valence-corrected chi connectivity index (χ2v) is 3.77. The maximum absolute atomic E-state index is 11.7. The summed E-state index contributed by atoms with van der Waals surface area (Å²) in [7, 11) is 0. The molecule has 0 aliphatic rings. The molecule has 0 saturated heterocycles. The highest BCUT2D eigenvalue weighted by molar-refractivity contribution is 5.32.